The molecule has 0 bridgehead atoms. The standard InChI is InChI=1S/C19H25N3O4S/c1-13(2)7-8-20-19(24)16-12-18(23)21-17-6-5-14(11-15(16)17)27(25,26)22-9-3-4-10-22/h5-6,11-13H,3-4,7-10H2,1-2H3,(H,20,24)(H,21,23). The van der Waals surface area contributed by atoms with E-state index in [4.69, 9.17) is 0 Å². The number of H-pyrrole nitrogens is 1. The summed E-state index contributed by atoms with van der Waals surface area (Å²) in [6, 6.07) is 5.73. The van der Waals surface area contributed by atoms with Gasteiger partial charge in [-0.3, -0.25) is 9.59 Å². The number of carbonyl (C=O) groups excluding carboxylic acids is 1. The van der Waals surface area contributed by atoms with Gasteiger partial charge in [0.15, 0.2) is 0 Å². The molecule has 146 valence electrons. The Bertz CT molecular complexity index is 1010. The van der Waals surface area contributed by atoms with Crippen molar-refractivity contribution >= 4 is 26.8 Å². The quantitative estimate of drug-likeness (QED) is 0.787. The van der Waals surface area contributed by atoms with Crippen LogP contribution in [0.2, 0.25) is 0 Å². The van der Waals surface area contributed by atoms with Crippen LogP contribution in [0.15, 0.2) is 34.0 Å². The van der Waals surface area contributed by atoms with Gasteiger partial charge in [0.05, 0.1) is 10.5 Å². The van der Waals surface area contributed by atoms with Gasteiger partial charge in [-0.25, -0.2) is 8.42 Å². The number of sulfonamides is 1. The largest absolute Gasteiger partial charge is 0.352 e. The molecule has 0 spiro atoms. The third kappa shape index (κ3) is 4.22. The summed E-state index contributed by atoms with van der Waals surface area (Å²) in [7, 11) is -3.60. The van der Waals surface area contributed by atoms with E-state index in [2.05, 4.69) is 24.1 Å². The number of benzene rings is 1. The first kappa shape index (κ1) is 19.6. The Hall–Kier alpha value is -2.19. The van der Waals surface area contributed by atoms with Gasteiger partial charge in [-0.15, -0.1) is 0 Å². The van der Waals surface area contributed by atoms with E-state index < -0.39 is 15.6 Å². The molecule has 1 amide bonds. The first-order valence-electron chi connectivity index (χ1n) is 9.24. The maximum Gasteiger partial charge on any atom is 0.252 e. The van der Waals surface area contributed by atoms with Crippen LogP contribution in [0.4, 0.5) is 0 Å². The second-order valence-electron chi connectivity index (χ2n) is 7.30. The molecule has 3 rings (SSSR count). The Morgan fingerprint density at radius 2 is 1.93 bits per heavy atom. The highest BCUT2D eigenvalue weighted by Crippen LogP contribution is 2.25. The molecule has 1 aliphatic rings. The molecule has 2 N–H and O–H groups in total. The van der Waals surface area contributed by atoms with Crippen LogP contribution in [-0.4, -0.2) is 43.2 Å². The molecule has 2 heterocycles. The van der Waals surface area contributed by atoms with Crippen LogP contribution in [0.1, 0.15) is 43.5 Å². The summed E-state index contributed by atoms with van der Waals surface area (Å²) in [5.74, 6) is 0.0703. The number of amides is 1. The molecule has 1 aromatic heterocycles. The number of nitrogens with zero attached hydrogens (tertiary/aromatic N) is 1. The third-order valence-electron chi connectivity index (χ3n) is 4.77. The van der Waals surface area contributed by atoms with E-state index in [0.29, 0.717) is 36.5 Å². The fraction of sp³-hybridized carbons (Fsp3) is 0.474. The molecule has 0 aliphatic carbocycles. The maximum absolute atomic E-state index is 12.8. The monoisotopic (exact) mass is 391 g/mol. The number of hydrogen-bond acceptors (Lipinski definition) is 4. The lowest BCUT2D eigenvalue weighted by Crippen LogP contribution is -2.28. The predicted octanol–water partition coefficient (Wildman–Crippen LogP) is 2.09. The number of aromatic nitrogens is 1. The minimum atomic E-state index is -3.60. The van der Waals surface area contributed by atoms with E-state index in [9.17, 15) is 18.0 Å². The number of fused-ring (bicyclic) bond motifs is 1. The molecule has 0 radical (unpaired) electrons. The van der Waals surface area contributed by atoms with Crippen LogP contribution in [0.25, 0.3) is 10.9 Å². The zero-order valence-corrected chi connectivity index (χ0v) is 16.4. The van der Waals surface area contributed by atoms with Crippen LogP contribution in [0.3, 0.4) is 0 Å². The Labute approximate surface area is 158 Å². The van der Waals surface area contributed by atoms with Crippen LogP contribution in [0, 0.1) is 5.92 Å². The first-order valence-corrected chi connectivity index (χ1v) is 10.7. The normalized spacial score (nSPS) is 15.5. The molecule has 0 unspecified atom stereocenters. The number of aromatic amines is 1. The summed E-state index contributed by atoms with van der Waals surface area (Å²) in [6.07, 6.45) is 2.52. The van der Waals surface area contributed by atoms with Crippen molar-refractivity contribution in [2.24, 2.45) is 5.92 Å². The van der Waals surface area contributed by atoms with E-state index in [0.717, 1.165) is 19.3 Å². The number of rotatable bonds is 6. The lowest BCUT2D eigenvalue weighted by molar-refractivity contribution is 0.0953. The van der Waals surface area contributed by atoms with Crippen molar-refractivity contribution in [2.75, 3.05) is 19.6 Å². The Balaban J connectivity index is 2.00. The smallest absolute Gasteiger partial charge is 0.252 e. The number of hydrogen-bond donors (Lipinski definition) is 2. The van der Waals surface area contributed by atoms with Crippen molar-refractivity contribution in [1.29, 1.82) is 0 Å². The molecule has 0 saturated carbocycles. The van der Waals surface area contributed by atoms with E-state index in [1.807, 2.05) is 0 Å². The van der Waals surface area contributed by atoms with E-state index in [-0.39, 0.29) is 16.4 Å². The minimum absolute atomic E-state index is 0.139. The van der Waals surface area contributed by atoms with Gasteiger partial charge in [-0.05, 0) is 43.4 Å². The van der Waals surface area contributed by atoms with Gasteiger partial charge in [0, 0.05) is 36.6 Å². The maximum atomic E-state index is 12.8. The number of pyridine rings is 1. The summed E-state index contributed by atoms with van der Waals surface area (Å²) in [4.78, 5) is 27.3. The van der Waals surface area contributed by atoms with Crippen molar-refractivity contribution < 1.29 is 13.2 Å². The summed E-state index contributed by atoms with van der Waals surface area (Å²) >= 11 is 0. The fourth-order valence-corrected chi connectivity index (χ4v) is 4.77. The molecule has 7 nitrogen and oxygen atoms in total. The molecule has 8 heteroatoms. The van der Waals surface area contributed by atoms with Gasteiger partial charge < -0.3 is 10.3 Å². The molecule has 27 heavy (non-hydrogen) atoms. The van der Waals surface area contributed by atoms with Crippen molar-refractivity contribution in [3.8, 4) is 0 Å². The highest BCUT2D eigenvalue weighted by molar-refractivity contribution is 7.89. The van der Waals surface area contributed by atoms with Crippen molar-refractivity contribution in [3.63, 3.8) is 0 Å². The predicted molar refractivity (Wildman–Crippen MR) is 104 cm³/mol. The topological polar surface area (TPSA) is 99.3 Å². The average Bonchev–Trinajstić information content (AvgIpc) is 3.15. The van der Waals surface area contributed by atoms with Crippen LogP contribution in [0.5, 0.6) is 0 Å². The zero-order chi connectivity index (χ0) is 19.6. The lowest BCUT2D eigenvalue weighted by Gasteiger charge is -2.16. The Morgan fingerprint density at radius 1 is 1.22 bits per heavy atom. The summed E-state index contributed by atoms with van der Waals surface area (Å²) in [6.45, 7) is 5.63. The lowest BCUT2D eigenvalue weighted by atomic mass is 10.1. The van der Waals surface area contributed by atoms with Gasteiger partial charge in [-0.1, -0.05) is 13.8 Å². The molecular weight excluding hydrogens is 366 g/mol. The van der Waals surface area contributed by atoms with Crippen LogP contribution in [-0.2, 0) is 10.0 Å². The molecule has 1 fully saturated rings. The summed E-state index contributed by atoms with van der Waals surface area (Å²) in [5.41, 5.74) is 0.236. The van der Waals surface area contributed by atoms with Gasteiger partial charge in [0.1, 0.15) is 0 Å². The Morgan fingerprint density at radius 3 is 2.59 bits per heavy atom. The zero-order valence-electron chi connectivity index (χ0n) is 15.6. The van der Waals surface area contributed by atoms with Crippen molar-refractivity contribution in [3.05, 3.63) is 40.2 Å². The van der Waals surface area contributed by atoms with Gasteiger partial charge in [0.25, 0.3) is 5.91 Å². The second-order valence-corrected chi connectivity index (χ2v) is 9.24. The van der Waals surface area contributed by atoms with Gasteiger partial charge in [-0.2, -0.15) is 4.31 Å². The summed E-state index contributed by atoms with van der Waals surface area (Å²) in [5, 5.41) is 3.24. The van der Waals surface area contributed by atoms with E-state index >= 15 is 0 Å². The SMILES string of the molecule is CC(C)CCNC(=O)c1cc(=O)[nH]c2ccc(S(=O)(=O)N3CCCC3)cc12. The van der Waals surface area contributed by atoms with E-state index in [1.165, 1.54) is 22.5 Å². The fourth-order valence-electron chi connectivity index (χ4n) is 3.23. The number of nitrogens with one attached hydrogen (secondary N) is 2. The average molecular weight is 391 g/mol. The molecule has 0 atom stereocenters. The van der Waals surface area contributed by atoms with Crippen molar-refractivity contribution in [2.45, 2.75) is 38.0 Å². The molecule has 1 aromatic carbocycles. The van der Waals surface area contributed by atoms with Gasteiger partial charge >= 0.3 is 0 Å². The molecular formula is C19H25N3O4S. The third-order valence-corrected chi connectivity index (χ3v) is 6.66. The first-order chi connectivity index (χ1) is 12.8. The minimum Gasteiger partial charge on any atom is -0.352 e. The van der Waals surface area contributed by atoms with Crippen LogP contribution >= 0.6 is 0 Å². The van der Waals surface area contributed by atoms with Crippen molar-refractivity contribution in [1.82, 2.24) is 14.6 Å². The highest BCUT2D eigenvalue weighted by atomic mass is 32.2. The molecule has 1 aliphatic heterocycles. The van der Waals surface area contributed by atoms with Gasteiger partial charge in [0.2, 0.25) is 15.6 Å². The van der Waals surface area contributed by atoms with E-state index in [1.54, 1.807) is 6.07 Å². The second kappa shape index (κ2) is 7.82. The molecule has 1 saturated heterocycles. The van der Waals surface area contributed by atoms with Crippen LogP contribution < -0.4 is 10.9 Å². The summed E-state index contributed by atoms with van der Waals surface area (Å²) < 4.78 is 27.1. The highest BCUT2D eigenvalue weighted by Gasteiger charge is 2.27. The number of carbonyl (C=O) groups is 1. The molecule has 2 aromatic rings. The Kier molecular flexibility index (Phi) is 5.67.